The van der Waals surface area contributed by atoms with E-state index in [1.54, 1.807) is 0 Å². The van der Waals surface area contributed by atoms with Gasteiger partial charge in [0.2, 0.25) is 0 Å². The fraction of sp³-hybridized carbons (Fsp3) is 0.304. The van der Waals surface area contributed by atoms with E-state index in [-0.39, 0.29) is 28.7 Å². The normalized spacial score (nSPS) is 14.9. The molecule has 0 radical (unpaired) electrons. The standard InChI is InChI=1S/C23H25N5O4/c1-32-22-13-20(28(30)31)7-8-21(22)26-23(29)18(14-24)15-25-19-9-11-27(12-10-19)16-17-5-3-2-4-6-17/h2-8,13,15,19,25H,9-12,16H2,1H3,(H,26,29)/b18-15-. The van der Waals surface area contributed by atoms with E-state index in [2.05, 4.69) is 27.7 Å². The average Bonchev–Trinajstić information content (AvgIpc) is 2.81. The molecule has 0 saturated carbocycles. The predicted molar refractivity (Wildman–Crippen MR) is 120 cm³/mol. The second-order valence-electron chi connectivity index (χ2n) is 7.47. The molecule has 0 aromatic heterocycles. The lowest BCUT2D eigenvalue weighted by Gasteiger charge is -2.32. The lowest BCUT2D eigenvalue weighted by molar-refractivity contribution is -0.384. The zero-order chi connectivity index (χ0) is 22.9. The first-order valence-corrected chi connectivity index (χ1v) is 10.3. The van der Waals surface area contributed by atoms with Crippen molar-refractivity contribution in [2.45, 2.75) is 25.4 Å². The van der Waals surface area contributed by atoms with Crippen molar-refractivity contribution in [2.24, 2.45) is 0 Å². The SMILES string of the molecule is COc1cc([N+](=O)[O-])ccc1NC(=O)/C(C#N)=C\NC1CCN(Cc2ccccc2)CC1. The second-order valence-corrected chi connectivity index (χ2v) is 7.47. The lowest BCUT2D eigenvalue weighted by Crippen LogP contribution is -2.40. The maximum Gasteiger partial charge on any atom is 0.273 e. The van der Waals surface area contributed by atoms with Crippen LogP contribution in [0.15, 0.2) is 60.3 Å². The molecule has 1 aliphatic heterocycles. The molecule has 1 amide bonds. The molecule has 1 saturated heterocycles. The van der Waals surface area contributed by atoms with Crippen molar-refractivity contribution in [1.29, 1.82) is 5.26 Å². The number of ether oxygens (including phenoxy) is 1. The fourth-order valence-corrected chi connectivity index (χ4v) is 3.54. The first kappa shape index (κ1) is 22.8. The number of likely N-dealkylation sites (tertiary alicyclic amines) is 1. The van der Waals surface area contributed by atoms with Crippen LogP contribution in [0.5, 0.6) is 5.75 Å². The number of benzene rings is 2. The Balaban J connectivity index is 1.54. The molecular formula is C23H25N5O4. The smallest absolute Gasteiger partial charge is 0.273 e. The monoisotopic (exact) mass is 435 g/mol. The number of carbonyl (C=O) groups is 1. The van der Waals surface area contributed by atoms with Gasteiger partial charge in [0.1, 0.15) is 17.4 Å². The Bertz CT molecular complexity index is 1020. The molecule has 2 aromatic carbocycles. The molecule has 32 heavy (non-hydrogen) atoms. The van der Waals surface area contributed by atoms with Gasteiger partial charge in [0.05, 0.1) is 23.8 Å². The fourth-order valence-electron chi connectivity index (χ4n) is 3.54. The highest BCUT2D eigenvalue weighted by molar-refractivity contribution is 6.07. The highest BCUT2D eigenvalue weighted by Gasteiger charge is 2.20. The van der Waals surface area contributed by atoms with Gasteiger partial charge < -0.3 is 15.4 Å². The molecule has 1 heterocycles. The van der Waals surface area contributed by atoms with Crippen molar-refractivity contribution in [3.8, 4) is 11.8 Å². The first-order valence-electron chi connectivity index (χ1n) is 10.3. The average molecular weight is 435 g/mol. The topological polar surface area (TPSA) is 121 Å². The predicted octanol–water partition coefficient (Wildman–Crippen LogP) is 3.20. The van der Waals surface area contributed by atoms with Crippen LogP contribution in [0.3, 0.4) is 0 Å². The molecular weight excluding hydrogens is 410 g/mol. The quantitative estimate of drug-likeness (QED) is 0.283. The minimum atomic E-state index is -0.617. The maximum absolute atomic E-state index is 12.5. The van der Waals surface area contributed by atoms with Crippen molar-refractivity contribution in [2.75, 3.05) is 25.5 Å². The molecule has 9 nitrogen and oxygen atoms in total. The van der Waals surface area contributed by atoms with Crippen molar-refractivity contribution in [3.63, 3.8) is 0 Å². The van der Waals surface area contributed by atoms with Crippen LogP contribution in [0.2, 0.25) is 0 Å². The first-order chi connectivity index (χ1) is 15.5. The summed E-state index contributed by atoms with van der Waals surface area (Å²) < 4.78 is 5.12. The number of rotatable bonds is 8. The van der Waals surface area contributed by atoms with Gasteiger partial charge in [-0.15, -0.1) is 0 Å². The highest BCUT2D eigenvalue weighted by atomic mass is 16.6. The minimum absolute atomic E-state index is 0.0860. The van der Waals surface area contributed by atoms with Crippen molar-refractivity contribution >= 4 is 17.3 Å². The van der Waals surface area contributed by atoms with E-state index in [1.807, 2.05) is 24.3 Å². The molecule has 2 aromatic rings. The van der Waals surface area contributed by atoms with Crippen LogP contribution in [-0.2, 0) is 11.3 Å². The summed E-state index contributed by atoms with van der Waals surface area (Å²) in [5.41, 5.74) is 1.29. The van der Waals surface area contributed by atoms with Gasteiger partial charge >= 0.3 is 0 Å². The number of nitrogens with one attached hydrogen (secondary N) is 2. The van der Waals surface area contributed by atoms with Gasteiger partial charge in [-0.3, -0.25) is 19.8 Å². The molecule has 166 valence electrons. The van der Waals surface area contributed by atoms with Gasteiger partial charge in [-0.25, -0.2) is 0 Å². The third-order valence-electron chi connectivity index (χ3n) is 5.31. The highest BCUT2D eigenvalue weighted by Crippen LogP contribution is 2.29. The number of non-ortho nitro benzene ring substituents is 1. The van der Waals surface area contributed by atoms with Crippen molar-refractivity contribution in [1.82, 2.24) is 10.2 Å². The summed E-state index contributed by atoms with van der Waals surface area (Å²) in [5.74, 6) is -0.475. The zero-order valence-electron chi connectivity index (χ0n) is 17.8. The Kier molecular flexibility index (Phi) is 7.78. The summed E-state index contributed by atoms with van der Waals surface area (Å²) in [4.78, 5) is 25.3. The number of anilines is 1. The molecule has 0 atom stereocenters. The van der Waals surface area contributed by atoms with Gasteiger partial charge in [0.15, 0.2) is 0 Å². The van der Waals surface area contributed by atoms with Crippen LogP contribution in [0.4, 0.5) is 11.4 Å². The summed E-state index contributed by atoms with van der Waals surface area (Å²) in [6, 6.07) is 16.2. The van der Waals surface area contributed by atoms with Gasteiger partial charge in [0, 0.05) is 37.9 Å². The number of nitro groups is 1. The number of hydrogen-bond acceptors (Lipinski definition) is 7. The van der Waals surface area contributed by atoms with Crippen LogP contribution in [0.25, 0.3) is 0 Å². The molecule has 1 aliphatic rings. The Morgan fingerprint density at radius 1 is 1.28 bits per heavy atom. The van der Waals surface area contributed by atoms with E-state index >= 15 is 0 Å². The van der Waals surface area contributed by atoms with Crippen molar-refractivity contribution < 1.29 is 14.5 Å². The lowest BCUT2D eigenvalue weighted by atomic mass is 10.0. The van der Waals surface area contributed by atoms with E-state index in [1.165, 1.54) is 37.1 Å². The van der Waals surface area contributed by atoms with Gasteiger partial charge in [-0.2, -0.15) is 5.26 Å². The van der Waals surface area contributed by atoms with Crippen LogP contribution < -0.4 is 15.4 Å². The molecule has 0 bridgehead atoms. The number of hydrogen-bond donors (Lipinski definition) is 2. The Hall–Kier alpha value is -3.90. The summed E-state index contributed by atoms with van der Waals surface area (Å²) in [6.07, 6.45) is 3.24. The third kappa shape index (κ3) is 6.06. The largest absolute Gasteiger partial charge is 0.494 e. The van der Waals surface area contributed by atoms with Crippen LogP contribution in [0, 0.1) is 21.4 Å². The molecule has 9 heteroatoms. The zero-order valence-corrected chi connectivity index (χ0v) is 17.8. The number of nitriles is 1. The van der Waals surface area contributed by atoms with Crippen LogP contribution >= 0.6 is 0 Å². The number of carbonyl (C=O) groups excluding carboxylic acids is 1. The number of nitro benzene ring substituents is 1. The molecule has 0 aliphatic carbocycles. The number of piperidine rings is 1. The van der Waals surface area contributed by atoms with Gasteiger partial charge in [-0.05, 0) is 24.5 Å². The van der Waals surface area contributed by atoms with E-state index in [0.717, 1.165) is 32.5 Å². The van der Waals surface area contributed by atoms with Crippen molar-refractivity contribution in [3.05, 3.63) is 76.0 Å². The second kappa shape index (κ2) is 10.9. The number of amides is 1. The van der Waals surface area contributed by atoms with Gasteiger partial charge in [0.25, 0.3) is 11.6 Å². The van der Waals surface area contributed by atoms with E-state index in [9.17, 15) is 20.2 Å². The maximum atomic E-state index is 12.5. The van der Waals surface area contributed by atoms with E-state index in [4.69, 9.17) is 4.74 Å². The molecule has 0 spiro atoms. The van der Waals surface area contributed by atoms with E-state index in [0.29, 0.717) is 0 Å². The third-order valence-corrected chi connectivity index (χ3v) is 5.31. The molecule has 3 rings (SSSR count). The minimum Gasteiger partial charge on any atom is -0.494 e. The van der Waals surface area contributed by atoms with E-state index < -0.39 is 10.8 Å². The number of methoxy groups -OCH3 is 1. The summed E-state index contributed by atoms with van der Waals surface area (Å²) in [5, 5.41) is 26.1. The number of nitrogens with zero attached hydrogens (tertiary/aromatic N) is 3. The van der Waals surface area contributed by atoms with Crippen LogP contribution in [0.1, 0.15) is 18.4 Å². The Morgan fingerprint density at radius 3 is 2.62 bits per heavy atom. The Morgan fingerprint density at radius 2 is 2.00 bits per heavy atom. The molecule has 2 N–H and O–H groups in total. The summed E-state index contributed by atoms with van der Waals surface area (Å²) in [7, 11) is 1.35. The molecule has 0 unspecified atom stereocenters. The Labute approximate surface area is 186 Å². The molecule has 1 fully saturated rings. The summed E-state index contributed by atoms with van der Waals surface area (Å²) >= 11 is 0. The van der Waals surface area contributed by atoms with Crippen LogP contribution in [-0.4, -0.2) is 42.0 Å². The van der Waals surface area contributed by atoms with Gasteiger partial charge in [-0.1, -0.05) is 30.3 Å². The summed E-state index contributed by atoms with van der Waals surface area (Å²) in [6.45, 7) is 2.76.